The van der Waals surface area contributed by atoms with E-state index in [1.165, 1.54) is 11.6 Å². The van der Waals surface area contributed by atoms with E-state index in [0.29, 0.717) is 36.0 Å². The second-order valence-corrected chi connectivity index (χ2v) is 7.67. The molecule has 1 N–H and O–H groups in total. The van der Waals surface area contributed by atoms with Gasteiger partial charge in [-0.1, -0.05) is 60.7 Å². The topological polar surface area (TPSA) is 99.9 Å². The number of nitrogens with zero attached hydrogens (tertiary/aromatic N) is 5. The molecule has 0 radical (unpaired) electrons. The van der Waals surface area contributed by atoms with Crippen LogP contribution in [-0.4, -0.2) is 30.2 Å². The lowest BCUT2D eigenvalue weighted by molar-refractivity contribution is 0.580. The average molecular weight is 442 g/mol. The fraction of sp³-hybridized carbons (Fsp3) is 0.167. The standard InChI is InChI=1S/C24H22N6O3/c1-28-21-19(22(31)29(2)24(28)32)30(15-26-21)14-13-25-23-27-18(16-9-5-3-6-10-16)20(33-23)17-11-7-4-8-12-17/h3-12,15H,13-14H2,1-2H3,(H,25,27). The van der Waals surface area contributed by atoms with Crippen LogP contribution in [0.4, 0.5) is 6.01 Å². The first kappa shape index (κ1) is 20.5. The SMILES string of the molecule is Cn1c(=O)c2c(ncn2CCNc2nc(-c3ccccc3)c(-c3ccccc3)o2)n(C)c1=O. The molecule has 0 spiro atoms. The van der Waals surface area contributed by atoms with Gasteiger partial charge in [-0.3, -0.25) is 13.9 Å². The first-order valence-corrected chi connectivity index (χ1v) is 10.5. The van der Waals surface area contributed by atoms with Crippen molar-refractivity contribution in [1.82, 2.24) is 23.7 Å². The van der Waals surface area contributed by atoms with Crippen LogP contribution in [0.1, 0.15) is 0 Å². The summed E-state index contributed by atoms with van der Waals surface area (Å²) in [6, 6.07) is 20.1. The number of oxazole rings is 1. The third-order valence-electron chi connectivity index (χ3n) is 5.56. The summed E-state index contributed by atoms with van der Waals surface area (Å²) in [4.78, 5) is 33.7. The lowest BCUT2D eigenvalue weighted by Crippen LogP contribution is -2.37. The highest BCUT2D eigenvalue weighted by molar-refractivity contribution is 5.78. The van der Waals surface area contributed by atoms with Crippen LogP contribution in [0.25, 0.3) is 33.7 Å². The molecule has 5 rings (SSSR count). The number of fused-ring (bicyclic) bond motifs is 1. The van der Waals surface area contributed by atoms with Gasteiger partial charge in [-0.2, -0.15) is 4.98 Å². The molecule has 2 aromatic carbocycles. The second-order valence-electron chi connectivity index (χ2n) is 7.67. The van der Waals surface area contributed by atoms with Crippen molar-refractivity contribution in [3.05, 3.63) is 87.8 Å². The zero-order chi connectivity index (χ0) is 22.9. The summed E-state index contributed by atoms with van der Waals surface area (Å²) in [5, 5.41) is 3.20. The first-order valence-electron chi connectivity index (χ1n) is 10.5. The van der Waals surface area contributed by atoms with E-state index >= 15 is 0 Å². The molecule has 0 saturated heterocycles. The predicted octanol–water partition coefficient (Wildman–Crippen LogP) is 2.87. The number of hydrogen-bond acceptors (Lipinski definition) is 6. The third kappa shape index (κ3) is 3.63. The smallest absolute Gasteiger partial charge is 0.332 e. The van der Waals surface area contributed by atoms with Gasteiger partial charge in [0.25, 0.3) is 11.6 Å². The number of benzene rings is 2. The van der Waals surface area contributed by atoms with E-state index in [0.717, 1.165) is 21.4 Å². The van der Waals surface area contributed by atoms with Crippen LogP contribution in [-0.2, 0) is 20.6 Å². The van der Waals surface area contributed by atoms with Gasteiger partial charge < -0.3 is 14.3 Å². The zero-order valence-electron chi connectivity index (χ0n) is 18.2. The van der Waals surface area contributed by atoms with Crippen LogP contribution >= 0.6 is 0 Å². The highest BCUT2D eigenvalue weighted by Crippen LogP contribution is 2.34. The first-order chi connectivity index (χ1) is 16.0. The van der Waals surface area contributed by atoms with E-state index in [9.17, 15) is 9.59 Å². The van der Waals surface area contributed by atoms with Crippen molar-refractivity contribution in [2.24, 2.45) is 14.1 Å². The van der Waals surface area contributed by atoms with E-state index in [4.69, 9.17) is 4.42 Å². The molecule has 0 atom stereocenters. The van der Waals surface area contributed by atoms with Crippen molar-refractivity contribution in [2.75, 3.05) is 11.9 Å². The lowest BCUT2D eigenvalue weighted by Gasteiger charge is -2.07. The summed E-state index contributed by atoms with van der Waals surface area (Å²) in [7, 11) is 3.06. The van der Waals surface area contributed by atoms with Crippen molar-refractivity contribution in [1.29, 1.82) is 0 Å². The molecule has 9 nitrogen and oxygen atoms in total. The fourth-order valence-electron chi connectivity index (χ4n) is 3.82. The van der Waals surface area contributed by atoms with Gasteiger partial charge in [-0.05, 0) is 0 Å². The van der Waals surface area contributed by atoms with Gasteiger partial charge in [0, 0.05) is 38.3 Å². The Balaban J connectivity index is 1.43. The van der Waals surface area contributed by atoms with Crippen molar-refractivity contribution in [3.63, 3.8) is 0 Å². The number of aryl methyl sites for hydroxylation is 1. The number of rotatable bonds is 6. The summed E-state index contributed by atoms with van der Waals surface area (Å²) in [6.45, 7) is 0.883. The average Bonchev–Trinajstić information content (AvgIpc) is 3.47. The van der Waals surface area contributed by atoms with E-state index in [1.807, 2.05) is 60.7 Å². The number of anilines is 1. The van der Waals surface area contributed by atoms with Crippen molar-refractivity contribution in [3.8, 4) is 22.6 Å². The minimum Gasteiger partial charge on any atom is -0.423 e. The molecule has 33 heavy (non-hydrogen) atoms. The van der Waals surface area contributed by atoms with Crippen LogP contribution in [0, 0.1) is 0 Å². The van der Waals surface area contributed by atoms with E-state index in [-0.39, 0.29) is 5.56 Å². The van der Waals surface area contributed by atoms with Gasteiger partial charge in [0.1, 0.15) is 5.69 Å². The highest BCUT2D eigenvalue weighted by atomic mass is 16.4. The second kappa shape index (κ2) is 8.27. The van der Waals surface area contributed by atoms with Gasteiger partial charge in [0.2, 0.25) is 0 Å². The molecule has 0 aliphatic heterocycles. The quantitative estimate of drug-likeness (QED) is 0.434. The highest BCUT2D eigenvalue weighted by Gasteiger charge is 2.17. The van der Waals surface area contributed by atoms with Crippen LogP contribution < -0.4 is 16.6 Å². The molecule has 9 heteroatoms. The summed E-state index contributed by atoms with van der Waals surface area (Å²) in [5.74, 6) is 0.682. The number of nitrogens with one attached hydrogen (secondary N) is 1. The molecule has 0 unspecified atom stereocenters. The van der Waals surface area contributed by atoms with Crippen LogP contribution in [0.5, 0.6) is 0 Å². The van der Waals surface area contributed by atoms with Crippen LogP contribution in [0.2, 0.25) is 0 Å². The zero-order valence-corrected chi connectivity index (χ0v) is 18.2. The van der Waals surface area contributed by atoms with Gasteiger partial charge in [0.15, 0.2) is 16.9 Å². The molecule has 0 bridgehead atoms. The maximum Gasteiger partial charge on any atom is 0.332 e. The van der Waals surface area contributed by atoms with E-state index in [2.05, 4.69) is 15.3 Å². The minimum absolute atomic E-state index is 0.358. The lowest BCUT2D eigenvalue weighted by atomic mass is 10.1. The molecule has 0 fully saturated rings. The van der Waals surface area contributed by atoms with E-state index < -0.39 is 5.69 Å². The predicted molar refractivity (Wildman–Crippen MR) is 126 cm³/mol. The summed E-state index contributed by atoms with van der Waals surface area (Å²) in [6.07, 6.45) is 1.56. The third-order valence-corrected chi connectivity index (χ3v) is 5.56. The Morgan fingerprint density at radius 2 is 1.58 bits per heavy atom. The Morgan fingerprint density at radius 3 is 2.27 bits per heavy atom. The maximum atomic E-state index is 12.6. The largest absolute Gasteiger partial charge is 0.423 e. The monoisotopic (exact) mass is 442 g/mol. The summed E-state index contributed by atoms with van der Waals surface area (Å²) in [5.41, 5.74) is 2.60. The molecule has 0 amide bonds. The Bertz CT molecular complexity index is 1490. The molecule has 0 saturated carbocycles. The van der Waals surface area contributed by atoms with Gasteiger partial charge in [0.05, 0.1) is 6.33 Å². The van der Waals surface area contributed by atoms with Crippen molar-refractivity contribution < 1.29 is 4.42 Å². The van der Waals surface area contributed by atoms with Crippen LogP contribution in [0.15, 0.2) is 81.0 Å². The van der Waals surface area contributed by atoms with E-state index in [1.54, 1.807) is 17.9 Å². The number of imidazole rings is 1. The van der Waals surface area contributed by atoms with Crippen molar-refractivity contribution >= 4 is 17.2 Å². The minimum atomic E-state index is -0.405. The molecule has 5 aromatic rings. The molecular weight excluding hydrogens is 420 g/mol. The number of hydrogen-bond donors (Lipinski definition) is 1. The molecular formula is C24H22N6O3. The molecule has 0 aliphatic rings. The van der Waals surface area contributed by atoms with Crippen molar-refractivity contribution in [2.45, 2.75) is 6.54 Å². The Morgan fingerprint density at radius 1 is 0.909 bits per heavy atom. The van der Waals surface area contributed by atoms with Gasteiger partial charge in [-0.25, -0.2) is 9.78 Å². The Hall–Kier alpha value is -4.40. The molecule has 0 aliphatic carbocycles. The molecule has 3 heterocycles. The Kier molecular flexibility index (Phi) is 5.14. The maximum absolute atomic E-state index is 12.6. The molecule has 166 valence electrons. The summed E-state index contributed by atoms with van der Waals surface area (Å²) >= 11 is 0. The van der Waals surface area contributed by atoms with Gasteiger partial charge in [-0.15, -0.1) is 0 Å². The van der Waals surface area contributed by atoms with Gasteiger partial charge >= 0.3 is 5.69 Å². The van der Waals surface area contributed by atoms with Crippen LogP contribution in [0.3, 0.4) is 0 Å². The molecule has 3 aromatic heterocycles. The number of aromatic nitrogens is 5. The summed E-state index contributed by atoms with van der Waals surface area (Å²) < 4.78 is 10.3. The normalized spacial score (nSPS) is 11.2. The fourth-order valence-corrected chi connectivity index (χ4v) is 3.82. The Labute approximate surface area is 188 Å².